The van der Waals surface area contributed by atoms with Crippen molar-refractivity contribution in [2.75, 3.05) is 19.1 Å². The zero-order valence-electron chi connectivity index (χ0n) is 21.4. The number of hydrogen-bond acceptors (Lipinski definition) is 6. The lowest BCUT2D eigenvalue weighted by molar-refractivity contribution is -0.122. The first kappa shape index (κ1) is 26.7. The van der Waals surface area contributed by atoms with Gasteiger partial charge in [0.25, 0.3) is 11.8 Å². The molecule has 10 heteroatoms. The number of nitrogens with one attached hydrogen (secondary N) is 1. The Labute approximate surface area is 233 Å². The number of ether oxygens (including phenoxy) is 3. The summed E-state index contributed by atoms with van der Waals surface area (Å²) in [5, 5.41) is 3.97. The smallest absolute Gasteiger partial charge is 0.336 e. The largest absolute Gasteiger partial charge is 0.495 e. The molecule has 0 unspecified atom stereocenters. The van der Waals surface area contributed by atoms with Gasteiger partial charge in [0, 0.05) is 17.7 Å². The molecule has 0 aromatic heterocycles. The van der Waals surface area contributed by atoms with E-state index < -0.39 is 17.8 Å². The van der Waals surface area contributed by atoms with Crippen LogP contribution >= 0.6 is 11.6 Å². The van der Waals surface area contributed by atoms with Crippen LogP contribution in [-0.2, 0) is 16.2 Å². The second-order valence-electron chi connectivity index (χ2n) is 8.73. The summed E-state index contributed by atoms with van der Waals surface area (Å²) in [5.74, 6) is -1.42. The van der Waals surface area contributed by atoms with Crippen molar-refractivity contribution in [1.82, 2.24) is 5.32 Å². The number of methoxy groups -OCH3 is 2. The molecule has 1 saturated heterocycles. The standard InChI is InChI=1S/C30H22ClFN2O6/c1-38-26-15-24(27(39-2)14-23(26)31)34-29(36)22(28(35)33-30(34)37)13-21-20-6-4-3-5-18(20)9-12-25(21)40-16-17-7-10-19(32)11-8-17/h3-15H,16H2,1-2H3,(H,33,35,37)/b22-13+. The molecule has 4 aromatic carbocycles. The molecule has 40 heavy (non-hydrogen) atoms. The van der Waals surface area contributed by atoms with E-state index in [2.05, 4.69) is 5.32 Å². The zero-order chi connectivity index (χ0) is 28.4. The van der Waals surface area contributed by atoms with Crippen LogP contribution in [0.25, 0.3) is 16.8 Å². The third kappa shape index (κ3) is 5.06. The molecule has 0 bridgehead atoms. The van der Waals surface area contributed by atoms with Crippen LogP contribution in [0.2, 0.25) is 5.02 Å². The number of carbonyl (C=O) groups is 3. The summed E-state index contributed by atoms with van der Waals surface area (Å²) in [5.41, 5.74) is 0.905. The van der Waals surface area contributed by atoms with Gasteiger partial charge in [0.15, 0.2) is 0 Å². The fraction of sp³-hybridized carbons (Fsp3) is 0.100. The van der Waals surface area contributed by atoms with Crippen molar-refractivity contribution in [3.05, 3.63) is 100 Å². The number of nitrogens with zero attached hydrogens (tertiary/aromatic N) is 1. The van der Waals surface area contributed by atoms with Gasteiger partial charge >= 0.3 is 6.03 Å². The molecule has 1 aliphatic rings. The van der Waals surface area contributed by atoms with Gasteiger partial charge in [0.2, 0.25) is 0 Å². The van der Waals surface area contributed by atoms with E-state index in [9.17, 15) is 18.8 Å². The van der Waals surface area contributed by atoms with Crippen LogP contribution in [0.15, 0.2) is 78.4 Å². The zero-order valence-corrected chi connectivity index (χ0v) is 22.1. The Morgan fingerprint density at radius 2 is 1.62 bits per heavy atom. The van der Waals surface area contributed by atoms with Crippen molar-refractivity contribution in [2.45, 2.75) is 6.61 Å². The minimum atomic E-state index is -0.958. The predicted molar refractivity (Wildman–Crippen MR) is 148 cm³/mol. The topological polar surface area (TPSA) is 94.2 Å². The summed E-state index contributed by atoms with van der Waals surface area (Å²) in [7, 11) is 2.75. The molecule has 202 valence electrons. The van der Waals surface area contributed by atoms with Gasteiger partial charge < -0.3 is 14.2 Å². The van der Waals surface area contributed by atoms with E-state index in [1.165, 1.54) is 44.6 Å². The Bertz CT molecular complexity index is 1690. The van der Waals surface area contributed by atoms with E-state index in [1.54, 1.807) is 18.2 Å². The number of benzene rings is 4. The maximum absolute atomic E-state index is 13.7. The number of halogens is 2. The highest BCUT2D eigenvalue weighted by molar-refractivity contribution is 6.40. The van der Waals surface area contributed by atoms with Crippen molar-refractivity contribution in [2.24, 2.45) is 0 Å². The highest BCUT2D eigenvalue weighted by Crippen LogP contribution is 2.40. The number of amides is 4. The molecule has 5 rings (SSSR count). The number of hydrogen-bond donors (Lipinski definition) is 1. The van der Waals surface area contributed by atoms with E-state index in [-0.39, 0.29) is 40.2 Å². The van der Waals surface area contributed by atoms with Gasteiger partial charge in [0.1, 0.15) is 35.2 Å². The van der Waals surface area contributed by atoms with Crippen LogP contribution in [0.5, 0.6) is 17.2 Å². The molecule has 1 aliphatic heterocycles. The van der Waals surface area contributed by atoms with Gasteiger partial charge in [-0.25, -0.2) is 14.1 Å². The summed E-state index contributed by atoms with van der Waals surface area (Å²) in [6, 6.07) is 18.6. The molecule has 1 heterocycles. The molecule has 1 N–H and O–H groups in total. The molecule has 4 amide bonds. The molecule has 0 saturated carbocycles. The Morgan fingerprint density at radius 3 is 2.35 bits per heavy atom. The highest BCUT2D eigenvalue weighted by atomic mass is 35.5. The van der Waals surface area contributed by atoms with E-state index >= 15 is 0 Å². The van der Waals surface area contributed by atoms with E-state index in [0.717, 1.165) is 15.8 Å². The number of rotatable bonds is 7. The summed E-state index contributed by atoms with van der Waals surface area (Å²) in [6.07, 6.45) is 1.39. The fourth-order valence-electron chi connectivity index (χ4n) is 4.33. The molecule has 0 aliphatic carbocycles. The highest BCUT2D eigenvalue weighted by Gasteiger charge is 2.39. The van der Waals surface area contributed by atoms with Gasteiger partial charge in [-0.2, -0.15) is 0 Å². The van der Waals surface area contributed by atoms with Gasteiger partial charge in [0.05, 0.1) is 24.9 Å². The first-order chi connectivity index (χ1) is 19.3. The molecule has 8 nitrogen and oxygen atoms in total. The number of imide groups is 2. The Kier molecular flexibility index (Phi) is 7.39. The minimum Gasteiger partial charge on any atom is -0.495 e. The second-order valence-corrected chi connectivity index (χ2v) is 9.14. The molecular weight excluding hydrogens is 539 g/mol. The maximum atomic E-state index is 13.7. The number of fused-ring (bicyclic) bond motifs is 1. The van der Waals surface area contributed by atoms with Crippen LogP contribution in [0, 0.1) is 5.82 Å². The second kappa shape index (κ2) is 11.1. The predicted octanol–water partition coefficient (Wildman–Crippen LogP) is 5.89. The molecule has 4 aromatic rings. The Morgan fingerprint density at radius 1 is 0.900 bits per heavy atom. The van der Waals surface area contributed by atoms with Crippen LogP contribution < -0.4 is 24.4 Å². The summed E-state index contributed by atoms with van der Waals surface area (Å²) in [4.78, 5) is 40.4. The lowest BCUT2D eigenvalue weighted by Gasteiger charge is -2.28. The van der Waals surface area contributed by atoms with Crippen LogP contribution in [0.1, 0.15) is 11.1 Å². The van der Waals surface area contributed by atoms with Crippen molar-refractivity contribution >= 4 is 52.0 Å². The monoisotopic (exact) mass is 560 g/mol. The first-order valence-electron chi connectivity index (χ1n) is 12.0. The van der Waals surface area contributed by atoms with Gasteiger partial charge in [-0.15, -0.1) is 0 Å². The van der Waals surface area contributed by atoms with Crippen molar-refractivity contribution in [3.63, 3.8) is 0 Å². The minimum absolute atomic E-state index is 0.0374. The molecular formula is C30H22ClFN2O6. The first-order valence-corrected chi connectivity index (χ1v) is 12.4. The SMILES string of the molecule is COc1cc(N2C(=O)NC(=O)/C(=C\c3c(OCc4ccc(F)cc4)ccc4ccccc34)C2=O)c(OC)cc1Cl. The summed E-state index contributed by atoms with van der Waals surface area (Å²) in [6.45, 7) is 0.112. The lowest BCUT2D eigenvalue weighted by Crippen LogP contribution is -2.54. The van der Waals surface area contributed by atoms with Gasteiger partial charge in [-0.3, -0.25) is 14.9 Å². The number of urea groups is 1. The summed E-state index contributed by atoms with van der Waals surface area (Å²) < 4.78 is 30.0. The van der Waals surface area contributed by atoms with E-state index in [1.807, 2.05) is 30.3 Å². The van der Waals surface area contributed by atoms with Crippen LogP contribution in [0.3, 0.4) is 0 Å². The van der Waals surface area contributed by atoms with E-state index in [0.29, 0.717) is 16.7 Å². The normalized spacial score (nSPS) is 14.4. The van der Waals surface area contributed by atoms with Gasteiger partial charge in [-0.05, 0) is 40.6 Å². The lowest BCUT2D eigenvalue weighted by atomic mass is 9.99. The molecule has 0 atom stereocenters. The van der Waals surface area contributed by atoms with Crippen molar-refractivity contribution in [3.8, 4) is 17.2 Å². The third-order valence-electron chi connectivity index (χ3n) is 6.32. The third-order valence-corrected chi connectivity index (χ3v) is 6.62. The average molecular weight is 561 g/mol. The number of anilines is 1. The van der Waals surface area contributed by atoms with E-state index in [4.69, 9.17) is 25.8 Å². The fourth-order valence-corrected chi connectivity index (χ4v) is 4.56. The van der Waals surface area contributed by atoms with Gasteiger partial charge in [-0.1, -0.05) is 54.1 Å². The average Bonchev–Trinajstić information content (AvgIpc) is 2.95. The quantitative estimate of drug-likeness (QED) is 0.224. The van der Waals surface area contributed by atoms with Crippen LogP contribution in [-0.4, -0.2) is 32.1 Å². The molecule has 1 fully saturated rings. The van der Waals surface area contributed by atoms with Crippen molar-refractivity contribution in [1.29, 1.82) is 0 Å². The Hall–Kier alpha value is -4.89. The van der Waals surface area contributed by atoms with Crippen molar-refractivity contribution < 1.29 is 33.0 Å². The number of carbonyl (C=O) groups excluding carboxylic acids is 3. The molecule has 0 spiro atoms. The summed E-state index contributed by atoms with van der Waals surface area (Å²) >= 11 is 6.20. The Balaban J connectivity index is 1.60. The number of barbiturate groups is 1. The maximum Gasteiger partial charge on any atom is 0.336 e. The molecule has 0 radical (unpaired) electrons. The van der Waals surface area contributed by atoms with Crippen LogP contribution in [0.4, 0.5) is 14.9 Å².